The first-order chi connectivity index (χ1) is 8.88. The van der Waals surface area contributed by atoms with Crippen LogP contribution in [-0.4, -0.2) is 13.5 Å². The Morgan fingerprint density at radius 3 is 2.32 bits per heavy atom. The third-order valence-corrected chi connectivity index (χ3v) is 4.22. The summed E-state index contributed by atoms with van der Waals surface area (Å²) in [4.78, 5) is 0.127. The molecule has 0 aliphatic rings. The summed E-state index contributed by atoms with van der Waals surface area (Å²) in [5, 5.41) is 9.87. The number of aromatic hydroxyl groups is 1. The molecule has 100 valence electrons. The van der Waals surface area contributed by atoms with E-state index in [0.717, 1.165) is 0 Å². The molecule has 2 aromatic rings. The van der Waals surface area contributed by atoms with Crippen molar-refractivity contribution in [1.82, 2.24) is 0 Å². The van der Waals surface area contributed by atoms with Crippen LogP contribution in [0, 0.1) is 6.92 Å². The summed E-state index contributed by atoms with van der Waals surface area (Å²) in [6.07, 6.45) is 0. The molecule has 0 unspecified atom stereocenters. The summed E-state index contributed by atoms with van der Waals surface area (Å²) in [5.74, 6) is 0.120. The first-order valence-corrected chi connectivity index (χ1v) is 7.32. The van der Waals surface area contributed by atoms with Gasteiger partial charge in [-0.1, -0.05) is 11.6 Å². The molecule has 0 fully saturated rings. The molecule has 2 rings (SSSR count). The smallest absolute Gasteiger partial charge is 0.261 e. The Morgan fingerprint density at radius 1 is 1.11 bits per heavy atom. The third kappa shape index (κ3) is 3.19. The maximum Gasteiger partial charge on any atom is 0.261 e. The van der Waals surface area contributed by atoms with Crippen LogP contribution in [0.3, 0.4) is 0 Å². The average Bonchev–Trinajstić information content (AvgIpc) is 2.34. The Labute approximate surface area is 116 Å². The molecular formula is C13H12ClNO3S. The molecular weight excluding hydrogens is 286 g/mol. The van der Waals surface area contributed by atoms with Crippen molar-refractivity contribution in [2.45, 2.75) is 11.8 Å². The average molecular weight is 298 g/mol. The fourth-order valence-electron chi connectivity index (χ4n) is 1.55. The molecule has 0 aromatic heterocycles. The molecule has 0 atom stereocenters. The summed E-state index contributed by atoms with van der Waals surface area (Å²) in [6, 6.07) is 10.4. The van der Waals surface area contributed by atoms with E-state index in [0.29, 0.717) is 16.3 Å². The highest BCUT2D eigenvalue weighted by Crippen LogP contribution is 2.23. The molecule has 0 saturated heterocycles. The van der Waals surface area contributed by atoms with Crippen molar-refractivity contribution in [2.24, 2.45) is 0 Å². The van der Waals surface area contributed by atoms with Gasteiger partial charge in [-0.25, -0.2) is 8.42 Å². The van der Waals surface area contributed by atoms with E-state index in [9.17, 15) is 13.5 Å². The van der Waals surface area contributed by atoms with Crippen LogP contribution in [0.25, 0.3) is 0 Å². The Hall–Kier alpha value is -1.72. The summed E-state index contributed by atoms with van der Waals surface area (Å²) < 4.78 is 26.6. The van der Waals surface area contributed by atoms with Crippen molar-refractivity contribution >= 4 is 27.3 Å². The van der Waals surface area contributed by atoms with Crippen molar-refractivity contribution < 1.29 is 13.5 Å². The minimum atomic E-state index is -3.65. The maximum absolute atomic E-state index is 12.1. The van der Waals surface area contributed by atoms with Gasteiger partial charge >= 0.3 is 0 Å². The second kappa shape index (κ2) is 5.11. The van der Waals surface area contributed by atoms with Crippen LogP contribution in [0.2, 0.25) is 5.02 Å². The van der Waals surface area contributed by atoms with Crippen molar-refractivity contribution in [1.29, 1.82) is 0 Å². The molecule has 2 N–H and O–H groups in total. The van der Waals surface area contributed by atoms with Gasteiger partial charge in [0, 0.05) is 10.7 Å². The predicted octanol–water partition coefficient (Wildman–Crippen LogP) is 3.15. The number of aryl methyl sites for hydroxylation is 1. The van der Waals surface area contributed by atoms with Gasteiger partial charge in [0.1, 0.15) is 5.75 Å². The van der Waals surface area contributed by atoms with Crippen molar-refractivity contribution in [2.75, 3.05) is 4.72 Å². The van der Waals surface area contributed by atoms with Gasteiger partial charge in [0.15, 0.2) is 0 Å². The number of rotatable bonds is 3. The number of benzene rings is 2. The highest BCUT2D eigenvalue weighted by molar-refractivity contribution is 7.92. The van der Waals surface area contributed by atoms with Gasteiger partial charge in [-0.3, -0.25) is 4.72 Å². The summed E-state index contributed by atoms with van der Waals surface area (Å²) >= 11 is 5.72. The van der Waals surface area contributed by atoms with Crippen molar-refractivity contribution in [3.63, 3.8) is 0 Å². The molecule has 0 heterocycles. The van der Waals surface area contributed by atoms with Crippen LogP contribution in [-0.2, 0) is 10.0 Å². The quantitative estimate of drug-likeness (QED) is 0.855. The normalized spacial score (nSPS) is 11.3. The van der Waals surface area contributed by atoms with Gasteiger partial charge in [-0.2, -0.15) is 0 Å². The van der Waals surface area contributed by atoms with E-state index in [2.05, 4.69) is 4.72 Å². The van der Waals surface area contributed by atoms with Crippen LogP contribution in [0.4, 0.5) is 5.69 Å². The second-order valence-corrected chi connectivity index (χ2v) is 6.18. The van der Waals surface area contributed by atoms with Crippen LogP contribution in [0.1, 0.15) is 5.56 Å². The Morgan fingerprint density at radius 2 is 1.74 bits per heavy atom. The van der Waals surface area contributed by atoms with E-state index in [1.807, 2.05) is 0 Å². The molecule has 19 heavy (non-hydrogen) atoms. The van der Waals surface area contributed by atoms with E-state index < -0.39 is 10.0 Å². The van der Waals surface area contributed by atoms with Gasteiger partial charge < -0.3 is 5.11 Å². The van der Waals surface area contributed by atoms with Crippen molar-refractivity contribution in [3.05, 3.63) is 53.1 Å². The van der Waals surface area contributed by atoms with Gasteiger partial charge in [0.25, 0.3) is 10.0 Å². The number of sulfonamides is 1. The van der Waals surface area contributed by atoms with E-state index in [4.69, 9.17) is 11.6 Å². The SMILES string of the molecule is Cc1cc(NS(=O)(=O)c2ccc(Cl)cc2)ccc1O. The number of nitrogens with one attached hydrogen (secondary N) is 1. The predicted molar refractivity (Wildman–Crippen MR) is 75.1 cm³/mol. The van der Waals surface area contributed by atoms with Crippen LogP contribution >= 0.6 is 11.6 Å². The molecule has 6 heteroatoms. The van der Waals surface area contributed by atoms with E-state index in [-0.39, 0.29) is 10.6 Å². The maximum atomic E-state index is 12.1. The summed E-state index contributed by atoms with van der Waals surface area (Å²) in [6.45, 7) is 1.69. The lowest BCUT2D eigenvalue weighted by molar-refractivity contribution is 0.471. The molecule has 4 nitrogen and oxygen atoms in total. The van der Waals surface area contributed by atoms with Crippen molar-refractivity contribution in [3.8, 4) is 5.75 Å². The lowest BCUT2D eigenvalue weighted by Gasteiger charge is -2.09. The number of anilines is 1. The summed E-state index contributed by atoms with van der Waals surface area (Å²) in [7, 11) is -3.65. The standard InChI is InChI=1S/C13H12ClNO3S/c1-9-8-11(4-7-13(9)16)15-19(17,18)12-5-2-10(14)3-6-12/h2-8,15-16H,1H3. The van der Waals surface area contributed by atoms with E-state index >= 15 is 0 Å². The molecule has 0 aliphatic heterocycles. The highest BCUT2D eigenvalue weighted by atomic mass is 35.5. The summed E-state index contributed by atoms with van der Waals surface area (Å²) in [5.41, 5.74) is 0.988. The van der Waals surface area contributed by atoms with Crippen LogP contribution in [0.15, 0.2) is 47.4 Å². The minimum Gasteiger partial charge on any atom is -0.508 e. The number of hydrogen-bond acceptors (Lipinski definition) is 3. The zero-order valence-corrected chi connectivity index (χ0v) is 11.7. The number of hydrogen-bond donors (Lipinski definition) is 2. The molecule has 0 radical (unpaired) electrons. The first-order valence-electron chi connectivity index (χ1n) is 5.46. The van der Waals surface area contributed by atoms with Gasteiger partial charge in [0.05, 0.1) is 4.90 Å². The number of phenols is 1. The lowest BCUT2D eigenvalue weighted by atomic mass is 10.2. The van der Waals surface area contributed by atoms with Gasteiger partial charge in [-0.05, 0) is 55.0 Å². The molecule has 0 spiro atoms. The molecule has 0 saturated carbocycles. The highest BCUT2D eigenvalue weighted by Gasteiger charge is 2.14. The van der Waals surface area contributed by atoms with Crippen LogP contribution in [0.5, 0.6) is 5.75 Å². The van der Waals surface area contributed by atoms with Crippen LogP contribution < -0.4 is 4.72 Å². The first kappa shape index (κ1) is 13.7. The lowest BCUT2D eigenvalue weighted by Crippen LogP contribution is -2.12. The fourth-order valence-corrected chi connectivity index (χ4v) is 2.72. The van der Waals surface area contributed by atoms with E-state index in [1.165, 1.54) is 36.4 Å². The van der Waals surface area contributed by atoms with E-state index in [1.54, 1.807) is 13.0 Å². The zero-order chi connectivity index (χ0) is 14.0. The number of phenolic OH excluding ortho intramolecular Hbond substituents is 1. The Balaban J connectivity index is 2.30. The topological polar surface area (TPSA) is 66.4 Å². The largest absolute Gasteiger partial charge is 0.508 e. The monoisotopic (exact) mass is 297 g/mol. The van der Waals surface area contributed by atoms with Gasteiger partial charge in [-0.15, -0.1) is 0 Å². The van der Waals surface area contributed by atoms with Gasteiger partial charge in [0.2, 0.25) is 0 Å². The Kier molecular flexibility index (Phi) is 3.68. The zero-order valence-electron chi connectivity index (χ0n) is 10.1. The minimum absolute atomic E-state index is 0.120. The fraction of sp³-hybridized carbons (Fsp3) is 0.0769. The third-order valence-electron chi connectivity index (χ3n) is 2.57. The Bertz CT molecular complexity index is 696. The molecule has 0 bridgehead atoms. The molecule has 0 aliphatic carbocycles. The molecule has 0 amide bonds. The second-order valence-electron chi connectivity index (χ2n) is 4.06. The molecule has 2 aromatic carbocycles. The number of halogens is 1.